The first-order valence-corrected chi connectivity index (χ1v) is 6.35. The number of hydrogen-bond donors (Lipinski definition) is 3. The van der Waals surface area contributed by atoms with E-state index >= 15 is 0 Å². The van der Waals surface area contributed by atoms with Crippen molar-refractivity contribution in [1.82, 2.24) is 5.32 Å². The lowest BCUT2D eigenvalue weighted by Crippen LogP contribution is -2.36. The van der Waals surface area contributed by atoms with Crippen LogP contribution in [0.2, 0.25) is 0 Å². The summed E-state index contributed by atoms with van der Waals surface area (Å²) in [6.45, 7) is 0.426. The summed E-state index contributed by atoms with van der Waals surface area (Å²) in [7, 11) is 1.54. The van der Waals surface area contributed by atoms with Crippen molar-refractivity contribution in [3.05, 3.63) is 29.8 Å². The van der Waals surface area contributed by atoms with Crippen LogP contribution in [-0.4, -0.2) is 41.8 Å². The minimum Gasteiger partial charge on any atom is -0.496 e. The number of ether oxygens (including phenoxy) is 1. The molecule has 0 amide bonds. The molecule has 1 aromatic carbocycles. The van der Waals surface area contributed by atoms with Crippen LogP contribution in [0.25, 0.3) is 0 Å². The Morgan fingerprint density at radius 1 is 1.35 bits per heavy atom. The zero-order valence-electron chi connectivity index (χ0n) is 11.1. The monoisotopic (exact) mass is 279 g/mol. The Hall–Kier alpha value is -2.08. The number of rotatable bonds is 5. The Bertz CT molecular complexity index is 516. The summed E-state index contributed by atoms with van der Waals surface area (Å²) in [5.41, 5.74) is 0.845. The number of nitrogens with one attached hydrogen (secondary N) is 1. The molecule has 20 heavy (non-hydrogen) atoms. The molecule has 0 aromatic heterocycles. The normalized spacial score (nSPS) is 25.4. The van der Waals surface area contributed by atoms with Crippen LogP contribution in [0.4, 0.5) is 0 Å². The van der Waals surface area contributed by atoms with Gasteiger partial charge in [0.05, 0.1) is 13.5 Å². The lowest BCUT2D eigenvalue weighted by Gasteiger charge is -2.22. The third kappa shape index (κ3) is 2.75. The molecule has 3 atom stereocenters. The van der Waals surface area contributed by atoms with Gasteiger partial charge in [-0.1, -0.05) is 18.2 Å². The fourth-order valence-corrected chi connectivity index (χ4v) is 2.83. The van der Waals surface area contributed by atoms with Crippen molar-refractivity contribution < 1.29 is 24.5 Å². The molecule has 0 aliphatic carbocycles. The summed E-state index contributed by atoms with van der Waals surface area (Å²) in [5, 5.41) is 21.1. The van der Waals surface area contributed by atoms with Gasteiger partial charge in [0.25, 0.3) is 0 Å². The highest BCUT2D eigenvalue weighted by atomic mass is 16.5. The molecular formula is C14H17NO5. The largest absolute Gasteiger partial charge is 0.496 e. The van der Waals surface area contributed by atoms with Crippen LogP contribution >= 0.6 is 0 Å². The first-order chi connectivity index (χ1) is 9.54. The van der Waals surface area contributed by atoms with Crippen LogP contribution in [0.5, 0.6) is 5.75 Å². The summed E-state index contributed by atoms with van der Waals surface area (Å²) in [4.78, 5) is 22.2. The lowest BCUT2D eigenvalue weighted by molar-refractivity contribution is -0.142. The fraction of sp³-hybridized carbons (Fsp3) is 0.429. The number of carbonyl (C=O) groups is 2. The van der Waals surface area contributed by atoms with Gasteiger partial charge in [0.1, 0.15) is 11.8 Å². The summed E-state index contributed by atoms with van der Waals surface area (Å²) in [5.74, 6) is -2.05. The van der Waals surface area contributed by atoms with E-state index in [9.17, 15) is 14.7 Å². The van der Waals surface area contributed by atoms with Gasteiger partial charge in [-0.2, -0.15) is 0 Å². The maximum atomic E-state index is 11.2. The Morgan fingerprint density at radius 3 is 2.65 bits per heavy atom. The highest BCUT2D eigenvalue weighted by molar-refractivity contribution is 5.77. The Balaban J connectivity index is 2.34. The smallest absolute Gasteiger partial charge is 0.321 e. The van der Waals surface area contributed by atoms with Gasteiger partial charge in [-0.25, -0.2) is 0 Å². The maximum absolute atomic E-state index is 11.2. The van der Waals surface area contributed by atoms with Crippen molar-refractivity contribution in [1.29, 1.82) is 0 Å². The average molecular weight is 279 g/mol. The highest BCUT2D eigenvalue weighted by Gasteiger charge is 2.42. The second-order valence-electron chi connectivity index (χ2n) is 4.83. The Kier molecular flexibility index (Phi) is 4.24. The predicted octanol–water partition coefficient (Wildman–Crippen LogP) is 0.926. The Morgan fingerprint density at radius 2 is 2.05 bits per heavy atom. The van der Waals surface area contributed by atoms with Crippen molar-refractivity contribution in [2.75, 3.05) is 13.7 Å². The van der Waals surface area contributed by atoms with E-state index in [2.05, 4.69) is 5.32 Å². The van der Waals surface area contributed by atoms with Crippen molar-refractivity contribution in [3.8, 4) is 5.75 Å². The average Bonchev–Trinajstić information content (AvgIpc) is 2.81. The molecule has 1 saturated heterocycles. The van der Waals surface area contributed by atoms with Gasteiger partial charge in [-0.15, -0.1) is 0 Å². The van der Waals surface area contributed by atoms with Crippen molar-refractivity contribution >= 4 is 11.9 Å². The van der Waals surface area contributed by atoms with E-state index in [-0.39, 0.29) is 12.3 Å². The van der Waals surface area contributed by atoms with Crippen molar-refractivity contribution in [2.24, 2.45) is 5.92 Å². The zero-order valence-corrected chi connectivity index (χ0v) is 11.1. The second kappa shape index (κ2) is 5.92. The quantitative estimate of drug-likeness (QED) is 0.742. The van der Waals surface area contributed by atoms with Crippen LogP contribution in [0.3, 0.4) is 0 Å². The van der Waals surface area contributed by atoms with Gasteiger partial charge in [0.2, 0.25) is 0 Å². The standard InChI is InChI=1S/C14H17NO5/c1-20-11-5-3-2-4-8(11)10-7-15-13(14(18)19)9(10)6-12(16)17/h2-5,9-10,13,15H,6-7H2,1H3,(H,16,17)(H,18,19)/t9-,10+,13-/m0/s1. The second-order valence-corrected chi connectivity index (χ2v) is 4.83. The Labute approximate surface area is 116 Å². The number of hydrogen-bond acceptors (Lipinski definition) is 4. The van der Waals surface area contributed by atoms with Gasteiger partial charge in [-0.05, 0) is 11.6 Å². The fourth-order valence-electron chi connectivity index (χ4n) is 2.83. The molecule has 1 heterocycles. The lowest BCUT2D eigenvalue weighted by atomic mass is 9.82. The molecule has 0 spiro atoms. The third-order valence-corrected chi connectivity index (χ3v) is 3.72. The predicted molar refractivity (Wildman–Crippen MR) is 70.9 cm³/mol. The van der Waals surface area contributed by atoms with E-state index in [0.29, 0.717) is 12.3 Å². The summed E-state index contributed by atoms with van der Waals surface area (Å²) >= 11 is 0. The SMILES string of the molecule is COc1ccccc1[C@H]1CN[C@H](C(=O)O)[C@H]1CC(=O)O. The summed E-state index contributed by atoms with van der Waals surface area (Å²) in [6.07, 6.45) is -0.188. The highest BCUT2D eigenvalue weighted by Crippen LogP contribution is 2.38. The molecule has 6 nitrogen and oxygen atoms in total. The zero-order chi connectivity index (χ0) is 14.7. The van der Waals surface area contributed by atoms with Crippen molar-refractivity contribution in [2.45, 2.75) is 18.4 Å². The van der Waals surface area contributed by atoms with E-state index in [0.717, 1.165) is 5.56 Å². The van der Waals surface area contributed by atoms with E-state index in [4.69, 9.17) is 9.84 Å². The summed E-state index contributed by atoms with van der Waals surface area (Å²) < 4.78 is 5.28. The first-order valence-electron chi connectivity index (χ1n) is 6.35. The van der Waals surface area contributed by atoms with Gasteiger partial charge in [-0.3, -0.25) is 9.59 Å². The van der Waals surface area contributed by atoms with Crippen molar-refractivity contribution in [3.63, 3.8) is 0 Å². The van der Waals surface area contributed by atoms with Crippen LogP contribution in [0.1, 0.15) is 17.9 Å². The number of carboxylic acid groups (broad SMARTS) is 2. The minimum atomic E-state index is -1.02. The van der Waals surface area contributed by atoms with Gasteiger partial charge in [0.15, 0.2) is 0 Å². The number of para-hydroxylation sites is 1. The molecule has 0 saturated carbocycles. The molecule has 2 rings (SSSR count). The third-order valence-electron chi connectivity index (χ3n) is 3.72. The number of benzene rings is 1. The molecule has 3 N–H and O–H groups in total. The van der Waals surface area contributed by atoms with E-state index in [1.165, 1.54) is 0 Å². The minimum absolute atomic E-state index is 0.188. The molecule has 1 fully saturated rings. The van der Waals surface area contributed by atoms with Crippen LogP contribution in [-0.2, 0) is 9.59 Å². The number of methoxy groups -OCH3 is 1. The molecule has 108 valence electrons. The molecular weight excluding hydrogens is 262 g/mol. The number of aliphatic carboxylic acids is 2. The maximum Gasteiger partial charge on any atom is 0.321 e. The molecule has 0 unspecified atom stereocenters. The molecule has 1 aliphatic heterocycles. The van der Waals surface area contributed by atoms with Gasteiger partial charge >= 0.3 is 11.9 Å². The van der Waals surface area contributed by atoms with Gasteiger partial charge in [0, 0.05) is 18.4 Å². The van der Waals surface area contributed by atoms with Crippen LogP contribution < -0.4 is 10.1 Å². The molecule has 6 heteroatoms. The topological polar surface area (TPSA) is 95.9 Å². The van der Waals surface area contributed by atoms with E-state index in [1.807, 2.05) is 18.2 Å². The van der Waals surface area contributed by atoms with Crippen LogP contribution in [0, 0.1) is 5.92 Å². The van der Waals surface area contributed by atoms with E-state index < -0.39 is 23.9 Å². The summed E-state index contributed by atoms with van der Waals surface area (Å²) in [6, 6.07) is 6.46. The van der Waals surface area contributed by atoms with E-state index in [1.54, 1.807) is 13.2 Å². The molecule has 0 bridgehead atoms. The molecule has 0 radical (unpaired) electrons. The first kappa shape index (κ1) is 14.3. The molecule has 1 aromatic rings. The van der Waals surface area contributed by atoms with Crippen LogP contribution in [0.15, 0.2) is 24.3 Å². The number of carboxylic acids is 2. The molecule has 1 aliphatic rings. The van der Waals surface area contributed by atoms with Gasteiger partial charge < -0.3 is 20.3 Å².